The predicted octanol–water partition coefficient (Wildman–Crippen LogP) is 5.68. The largest absolute Gasteiger partial charge is 0.507 e. The average Bonchev–Trinajstić information content (AvgIpc) is 3.23. The van der Waals surface area contributed by atoms with Crippen molar-refractivity contribution < 1.29 is 14.7 Å². The van der Waals surface area contributed by atoms with Crippen LogP contribution < -0.4 is 4.90 Å². The molecule has 1 aliphatic rings. The number of aryl methyl sites for hydroxylation is 2. The van der Waals surface area contributed by atoms with E-state index in [0.29, 0.717) is 10.7 Å². The molecule has 0 bridgehead atoms. The van der Waals surface area contributed by atoms with Crippen LogP contribution in [0.1, 0.15) is 54.1 Å². The summed E-state index contributed by atoms with van der Waals surface area (Å²) in [6.45, 7) is 10.2. The van der Waals surface area contributed by atoms with Crippen LogP contribution in [0.4, 0.5) is 5.13 Å². The van der Waals surface area contributed by atoms with Crippen molar-refractivity contribution in [1.29, 1.82) is 0 Å². The molecule has 0 aliphatic carbocycles. The summed E-state index contributed by atoms with van der Waals surface area (Å²) in [5.74, 6) is -1.57. The molecule has 0 spiro atoms. The zero-order valence-electron chi connectivity index (χ0n) is 18.8. The highest BCUT2D eigenvalue weighted by Crippen LogP contribution is 2.44. The van der Waals surface area contributed by atoms with Crippen LogP contribution in [-0.4, -0.2) is 21.8 Å². The Kier molecular flexibility index (Phi) is 5.51. The van der Waals surface area contributed by atoms with Gasteiger partial charge in [0.2, 0.25) is 0 Å². The minimum absolute atomic E-state index is 0.0338. The fraction of sp³-hybridized carbons (Fsp3) is 0.269. The number of amides is 1. The molecule has 164 valence electrons. The van der Waals surface area contributed by atoms with Gasteiger partial charge in [0.05, 0.1) is 17.3 Å². The Labute approximate surface area is 192 Å². The van der Waals surface area contributed by atoms with Crippen LogP contribution in [0.25, 0.3) is 5.76 Å². The Morgan fingerprint density at radius 3 is 2.16 bits per heavy atom. The second-order valence-electron chi connectivity index (χ2n) is 9.05. The fourth-order valence-corrected chi connectivity index (χ4v) is 4.76. The lowest BCUT2D eigenvalue weighted by Gasteiger charge is -2.24. The lowest BCUT2D eigenvalue weighted by atomic mass is 9.85. The number of benzene rings is 2. The minimum Gasteiger partial charge on any atom is -0.507 e. The van der Waals surface area contributed by atoms with Crippen LogP contribution in [0.2, 0.25) is 0 Å². The summed E-state index contributed by atoms with van der Waals surface area (Å²) in [4.78, 5) is 33.3. The second kappa shape index (κ2) is 8.02. The second-order valence-corrected chi connectivity index (χ2v) is 10.2. The average molecular weight is 447 g/mol. The number of anilines is 1. The van der Waals surface area contributed by atoms with Gasteiger partial charge in [0.15, 0.2) is 5.13 Å². The van der Waals surface area contributed by atoms with E-state index < -0.39 is 17.7 Å². The van der Waals surface area contributed by atoms with Gasteiger partial charge in [0.1, 0.15) is 5.76 Å². The van der Waals surface area contributed by atoms with E-state index in [1.54, 1.807) is 24.3 Å². The van der Waals surface area contributed by atoms with Crippen molar-refractivity contribution in [2.75, 3.05) is 4.90 Å². The molecular formula is C26H26N2O3S. The molecule has 0 radical (unpaired) electrons. The van der Waals surface area contributed by atoms with Crippen molar-refractivity contribution in [3.63, 3.8) is 0 Å². The first kappa shape index (κ1) is 22.0. The summed E-state index contributed by atoms with van der Waals surface area (Å²) < 4.78 is 0. The van der Waals surface area contributed by atoms with Crippen molar-refractivity contribution in [2.45, 2.75) is 46.1 Å². The van der Waals surface area contributed by atoms with Crippen molar-refractivity contribution in [3.8, 4) is 0 Å². The topological polar surface area (TPSA) is 70.5 Å². The van der Waals surface area contributed by atoms with Crippen LogP contribution in [0, 0.1) is 13.8 Å². The van der Waals surface area contributed by atoms with Gasteiger partial charge in [0, 0.05) is 10.4 Å². The molecule has 1 unspecified atom stereocenters. The number of nitrogens with zero attached hydrogens (tertiary/aromatic N) is 2. The Hall–Kier alpha value is -3.25. The third-order valence-electron chi connectivity index (χ3n) is 5.81. The number of carbonyl (C=O) groups is 2. The van der Waals surface area contributed by atoms with Crippen LogP contribution in [0.5, 0.6) is 0 Å². The summed E-state index contributed by atoms with van der Waals surface area (Å²) in [6, 6.07) is 16.0. The van der Waals surface area contributed by atoms with E-state index in [1.807, 2.05) is 44.2 Å². The predicted molar refractivity (Wildman–Crippen MR) is 128 cm³/mol. The number of Topliss-reactive ketones (excluding diaryl/α,β-unsaturated/α-hetero) is 1. The van der Waals surface area contributed by atoms with Gasteiger partial charge in [-0.1, -0.05) is 75.4 Å². The van der Waals surface area contributed by atoms with Crippen molar-refractivity contribution in [3.05, 3.63) is 87.4 Å². The van der Waals surface area contributed by atoms with Crippen molar-refractivity contribution in [2.24, 2.45) is 0 Å². The number of hydrogen-bond donors (Lipinski definition) is 1. The molecule has 1 amide bonds. The van der Waals surface area contributed by atoms with Gasteiger partial charge in [-0.3, -0.25) is 14.5 Å². The molecule has 1 atom stereocenters. The Morgan fingerprint density at radius 1 is 1.00 bits per heavy atom. The van der Waals surface area contributed by atoms with Gasteiger partial charge in [-0.05, 0) is 30.4 Å². The third-order valence-corrected chi connectivity index (χ3v) is 6.88. The highest BCUT2D eigenvalue weighted by atomic mass is 32.1. The molecule has 6 heteroatoms. The standard InChI is InChI=1S/C26H26N2O3S/c1-15-16(2)32-25(27-15)28-21(17-11-13-19(14-12-17)26(3,4)5)20(23(30)24(28)31)22(29)18-9-7-6-8-10-18/h6-14,21,29H,1-5H3. The molecule has 1 fully saturated rings. The van der Waals surface area contributed by atoms with Crippen LogP contribution >= 0.6 is 11.3 Å². The molecule has 1 aromatic heterocycles. The van der Waals surface area contributed by atoms with Crippen LogP contribution in [0.15, 0.2) is 60.2 Å². The van der Waals surface area contributed by atoms with E-state index in [0.717, 1.165) is 21.7 Å². The first-order valence-corrected chi connectivity index (χ1v) is 11.3. The first-order valence-electron chi connectivity index (χ1n) is 10.5. The Morgan fingerprint density at radius 2 is 1.62 bits per heavy atom. The van der Waals surface area contributed by atoms with E-state index in [4.69, 9.17) is 0 Å². The van der Waals surface area contributed by atoms with Gasteiger partial charge in [-0.15, -0.1) is 11.3 Å². The molecule has 1 aliphatic heterocycles. The highest BCUT2D eigenvalue weighted by molar-refractivity contribution is 7.16. The summed E-state index contributed by atoms with van der Waals surface area (Å²) >= 11 is 1.37. The summed E-state index contributed by atoms with van der Waals surface area (Å²) in [5.41, 5.74) is 3.25. The summed E-state index contributed by atoms with van der Waals surface area (Å²) in [5, 5.41) is 11.6. The molecule has 32 heavy (non-hydrogen) atoms. The molecule has 3 aromatic rings. The number of aromatic nitrogens is 1. The van der Waals surface area contributed by atoms with Gasteiger partial charge < -0.3 is 5.11 Å². The number of rotatable bonds is 3. The number of ketones is 1. The quantitative estimate of drug-likeness (QED) is 0.319. The maximum Gasteiger partial charge on any atom is 0.301 e. The highest BCUT2D eigenvalue weighted by Gasteiger charge is 2.48. The summed E-state index contributed by atoms with van der Waals surface area (Å²) in [6.07, 6.45) is 0. The zero-order chi connectivity index (χ0) is 23.2. The SMILES string of the molecule is Cc1nc(N2C(=O)C(=O)C(=C(O)c3ccccc3)C2c2ccc(C(C)(C)C)cc2)sc1C. The molecule has 4 rings (SSSR count). The maximum absolute atomic E-state index is 13.2. The fourth-order valence-electron chi connectivity index (χ4n) is 3.82. The molecule has 2 heterocycles. The van der Waals surface area contributed by atoms with Crippen molar-refractivity contribution >= 4 is 33.9 Å². The third kappa shape index (κ3) is 3.75. The molecule has 1 N–H and O–H groups in total. The number of hydrogen-bond acceptors (Lipinski definition) is 5. The smallest absolute Gasteiger partial charge is 0.301 e. The van der Waals surface area contributed by atoms with Crippen LogP contribution in [-0.2, 0) is 15.0 Å². The minimum atomic E-state index is -0.755. The molecule has 5 nitrogen and oxygen atoms in total. The van der Waals surface area contributed by atoms with E-state index >= 15 is 0 Å². The molecular weight excluding hydrogens is 420 g/mol. The van der Waals surface area contributed by atoms with Gasteiger partial charge >= 0.3 is 5.91 Å². The van der Waals surface area contributed by atoms with E-state index in [9.17, 15) is 14.7 Å². The van der Waals surface area contributed by atoms with Crippen LogP contribution in [0.3, 0.4) is 0 Å². The Bertz CT molecular complexity index is 1200. The summed E-state index contributed by atoms with van der Waals surface area (Å²) in [7, 11) is 0. The molecule has 2 aromatic carbocycles. The number of carbonyl (C=O) groups excluding carboxylic acids is 2. The van der Waals surface area contributed by atoms with E-state index in [2.05, 4.69) is 25.8 Å². The monoisotopic (exact) mass is 446 g/mol. The van der Waals surface area contributed by atoms with Gasteiger partial charge in [-0.2, -0.15) is 0 Å². The van der Waals surface area contributed by atoms with E-state index in [1.165, 1.54) is 16.2 Å². The lowest BCUT2D eigenvalue weighted by molar-refractivity contribution is -0.132. The number of aliphatic hydroxyl groups excluding tert-OH is 1. The zero-order valence-corrected chi connectivity index (χ0v) is 19.7. The maximum atomic E-state index is 13.2. The number of thiazole rings is 1. The molecule has 1 saturated heterocycles. The van der Waals surface area contributed by atoms with Gasteiger partial charge in [-0.25, -0.2) is 4.98 Å². The van der Waals surface area contributed by atoms with E-state index in [-0.39, 0.29) is 16.7 Å². The lowest BCUT2D eigenvalue weighted by Crippen LogP contribution is -2.29. The number of aliphatic hydroxyl groups is 1. The first-order chi connectivity index (χ1) is 15.1. The Balaban J connectivity index is 1.93. The van der Waals surface area contributed by atoms with Gasteiger partial charge in [0.25, 0.3) is 5.78 Å². The normalized spacial score (nSPS) is 18.4. The van der Waals surface area contributed by atoms with Crippen molar-refractivity contribution in [1.82, 2.24) is 4.98 Å². The molecule has 0 saturated carbocycles.